The molecule has 0 amide bonds. The van der Waals surface area contributed by atoms with E-state index in [1.54, 1.807) is 0 Å². The number of aliphatic carboxylic acids is 2. The lowest BCUT2D eigenvalue weighted by atomic mass is 10.1. The average molecular weight is 263 g/mol. The predicted octanol–water partition coefficient (Wildman–Crippen LogP) is 1.79. The number of rotatable bonds is 5. The highest BCUT2D eigenvalue weighted by atomic mass is 16.6. The van der Waals surface area contributed by atoms with Gasteiger partial charge >= 0.3 is 11.9 Å². The fourth-order valence-electron chi connectivity index (χ4n) is 1.31. The molecule has 7 nitrogen and oxygen atoms in total. The van der Waals surface area contributed by atoms with E-state index < -0.39 is 16.9 Å². The number of hydrogen-bond acceptors (Lipinski definition) is 4. The van der Waals surface area contributed by atoms with E-state index in [9.17, 15) is 19.7 Å². The molecule has 0 aliphatic rings. The lowest BCUT2D eigenvalue weighted by Gasteiger charge is -1.99. The minimum absolute atomic E-state index is 0.0833. The molecule has 0 spiro atoms. The summed E-state index contributed by atoms with van der Waals surface area (Å²) in [4.78, 5) is 30.9. The minimum atomic E-state index is -1.24. The Morgan fingerprint density at radius 2 is 1.68 bits per heavy atom. The van der Waals surface area contributed by atoms with Crippen LogP contribution in [-0.4, -0.2) is 27.1 Å². The SMILES string of the molecule is O=C(O)/C=C/c1ccc([N+](=O)[O-])c(/C=C/C(=O)O)c1. The van der Waals surface area contributed by atoms with Gasteiger partial charge in [-0.25, -0.2) is 9.59 Å². The van der Waals surface area contributed by atoms with Gasteiger partial charge in [0.1, 0.15) is 0 Å². The van der Waals surface area contributed by atoms with E-state index >= 15 is 0 Å². The maximum atomic E-state index is 10.8. The second-order valence-corrected chi connectivity index (χ2v) is 3.42. The molecule has 0 aliphatic heterocycles. The van der Waals surface area contributed by atoms with Crippen LogP contribution in [0, 0.1) is 10.1 Å². The Balaban J connectivity index is 3.21. The van der Waals surface area contributed by atoms with Gasteiger partial charge < -0.3 is 10.2 Å². The fourth-order valence-corrected chi connectivity index (χ4v) is 1.31. The van der Waals surface area contributed by atoms with Crippen LogP contribution in [0.4, 0.5) is 5.69 Å². The van der Waals surface area contributed by atoms with Crippen LogP contribution in [-0.2, 0) is 9.59 Å². The monoisotopic (exact) mass is 263 g/mol. The van der Waals surface area contributed by atoms with Crippen molar-refractivity contribution in [2.75, 3.05) is 0 Å². The van der Waals surface area contributed by atoms with Crippen LogP contribution in [0.2, 0.25) is 0 Å². The molecule has 0 saturated carbocycles. The first kappa shape index (κ1) is 14.1. The van der Waals surface area contributed by atoms with Crippen LogP contribution in [0.5, 0.6) is 0 Å². The molecule has 98 valence electrons. The summed E-state index contributed by atoms with van der Waals surface area (Å²) in [5.74, 6) is -2.39. The Morgan fingerprint density at radius 1 is 1.11 bits per heavy atom. The fraction of sp³-hybridized carbons (Fsp3) is 0. The zero-order chi connectivity index (χ0) is 14.4. The van der Waals surface area contributed by atoms with Crippen molar-refractivity contribution in [3.63, 3.8) is 0 Å². The average Bonchev–Trinajstić information content (AvgIpc) is 2.33. The number of carboxylic acid groups (broad SMARTS) is 2. The lowest BCUT2D eigenvalue weighted by Crippen LogP contribution is -1.93. The molecule has 0 aromatic heterocycles. The van der Waals surface area contributed by atoms with Crippen molar-refractivity contribution in [3.8, 4) is 0 Å². The minimum Gasteiger partial charge on any atom is -0.478 e. The van der Waals surface area contributed by atoms with Gasteiger partial charge in [0.05, 0.1) is 10.5 Å². The molecular formula is C12H9NO6. The van der Waals surface area contributed by atoms with Crippen molar-refractivity contribution < 1.29 is 24.7 Å². The maximum absolute atomic E-state index is 10.8. The van der Waals surface area contributed by atoms with Crippen molar-refractivity contribution in [1.82, 2.24) is 0 Å². The number of nitrogens with zero attached hydrogens (tertiary/aromatic N) is 1. The molecular weight excluding hydrogens is 254 g/mol. The zero-order valence-electron chi connectivity index (χ0n) is 9.52. The molecule has 19 heavy (non-hydrogen) atoms. The highest BCUT2D eigenvalue weighted by Crippen LogP contribution is 2.22. The standard InChI is InChI=1S/C12H9NO6/c14-11(15)5-2-8-1-4-10(13(18)19)9(7-8)3-6-12(16)17/h1-7H,(H,14,15)(H,16,17)/b5-2+,6-3+. The second-order valence-electron chi connectivity index (χ2n) is 3.42. The van der Waals surface area contributed by atoms with E-state index in [-0.39, 0.29) is 11.3 Å². The smallest absolute Gasteiger partial charge is 0.328 e. The van der Waals surface area contributed by atoms with Gasteiger partial charge in [0.2, 0.25) is 0 Å². The Hall–Kier alpha value is -2.96. The summed E-state index contributed by atoms with van der Waals surface area (Å²) >= 11 is 0. The summed E-state index contributed by atoms with van der Waals surface area (Å²) in [6.07, 6.45) is 3.99. The predicted molar refractivity (Wildman–Crippen MR) is 66.4 cm³/mol. The quantitative estimate of drug-likeness (QED) is 0.475. The summed E-state index contributed by atoms with van der Waals surface area (Å²) in [6.45, 7) is 0. The van der Waals surface area contributed by atoms with Gasteiger partial charge in [-0.2, -0.15) is 0 Å². The Kier molecular flexibility index (Phi) is 4.53. The molecule has 0 heterocycles. The number of carbonyl (C=O) groups is 2. The Morgan fingerprint density at radius 3 is 2.21 bits per heavy atom. The van der Waals surface area contributed by atoms with Gasteiger partial charge in [0, 0.05) is 18.2 Å². The molecule has 0 aliphatic carbocycles. The number of nitro benzene ring substituents is 1. The van der Waals surface area contributed by atoms with Gasteiger partial charge in [0.15, 0.2) is 0 Å². The van der Waals surface area contributed by atoms with Gasteiger partial charge in [-0.3, -0.25) is 10.1 Å². The largest absolute Gasteiger partial charge is 0.478 e. The normalized spacial score (nSPS) is 10.9. The summed E-state index contributed by atoms with van der Waals surface area (Å²) in [7, 11) is 0. The van der Waals surface area contributed by atoms with Gasteiger partial charge in [0.25, 0.3) is 5.69 Å². The van der Waals surface area contributed by atoms with E-state index in [2.05, 4.69) is 0 Å². The van der Waals surface area contributed by atoms with Crippen molar-refractivity contribution in [3.05, 3.63) is 51.6 Å². The van der Waals surface area contributed by atoms with E-state index in [1.165, 1.54) is 24.3 Å². The second kappa shape index (κ2) is 6.10. The third-order valence-corrected chi connectivity index (χ3v) is 2.07. The molecule has 0 bridgehead atoms. The zero-order valence-corrected chi connectivity index (χ0v) is 9.52. The van der Waals surface area contributed by atoms with Gasteiger partial charge in [-0.15, -0.1) is 0 Å². The summed E-state index contributed by atoms with van der Waals surface area (Å²) in [5.41, 5.74) is 0.239. The van der Waals surface area contributed by atoms with Crippen molar-refractivity contribution >= 4 is 29.8 Å². The highest BCUT2D eigenvalue weighted by Gasteiger charge is 2.11. The molecule has 0 atom stereocenters. The van der Waals surface area contributed by atoms with E-state index in [0.717, 1.165) is 18.2 Å². The Bertz CT molecular complexity index is 588. The van der Waals surface area contributed by atoms with Crippen LogP contribution < -0.4 is 0 Å². The molecule has 0 unspecified atom stereocenters. The molecule has 0 fully saturated rings. The number of carboxylic acids is 2. The van der Waals surface area contributed by atoms with Crippen molar-refractivity contribution in [2.24, 2.45) is 0 Å². The molecule has 2 N–H and O–H groups in total. The van der Waals surface area contributed by atoms with Crippen LogP contribution in [0.15, 0.2) is 30.4 Å². The molecule has 1 rings (SSSR count). The van der Waals surface area contributed by atoms with E-state index in [4.69, 9.17) is 10.2 Å². The molecule has 0 radical (unpaired) electrons. The van der Waals surface area contributed by atoms with E-state index in [1.807, 2.05) is 0 Å². The first-order valence-corrected chi connectivity index (χ1v) is 5.00. The summed E-state index contributed by atoms with van der Waals surface area (Å²) < 4.78 is 0. The Labute approximate surface area is 107 Å². The van der Waals surface area contributed by atoms with Crippen molar-refractivity contribution in [1.29, 1.82) is 0 Å². The molecule has 0 saturated heterocycles. The highest BCUT2D eigenvalue weighted by molar-refractivity contribution is 5.87. The number of benzene rings is 1. The third kappa shape index (κ3) is 4.43. The third-order valence-electron chi connectivity index (χ3n) is 2.07. The van der Waals surface area contributed by atoms with E-state index in [0.29, 0.717) is 5.56 Å². The number of nitro groups is 1. The van der Waals surface area contributed by atoms with Gasteiger partial charge in [-0.05, 0) is 29.8 Å². The van der Waals surface area contributed by atoms with Crippen LogP contribution in [0.1, 0.15) is 11.1 Å². The molecule has 1 aromatic rings. The number of hydrogen-bond donors (Lipinski definition) is 2. The molecule has 7 heteroatoms. The van der Waals surface area contributed by atoms with Crippen molar-refractivity contribution in [2.45, 2.75) is 0 Å². The maximum Gasteiger partial charge on any atom is 0.328 e. The summed E-state index contributed by atoms with van der Waals surface area (Å²) in [5, 5.41) is 27.7. The molecule has 1 aromatic carbocycles. The first-order valence-electron chi connectivity index (χ1n) is 5.00. The lowest BCUT2D eigenvalue weighted by molar-refractivity contribution is -0.385. The van der Waals surface area contributed by atoms with Crippen LogP contribution in [0.3, 0.4) is 0 Å². The first-order chi connectivity index (χ1) is 8.90. The van der Waals surface area contributed by atoms with Crippen LogP contribution in [0.25, 0.3) is 12.2 Å². The summed E-state index contributed by atoms with van der Waals surface area (Å²) in [6, 6.07) is 3.88. The van der Waals surface area contributed by atoms with Crippen LogP contribution >= 0.6 is 0 Å². The topological polar surface area (TPSA) is 118 Å². The van der Waals surface area contributed by atoms with Gasteiger partial charge in [-0.1, -0.05) is 0 Å².